The van der Waals surface area contributed by atoms with Gasteiger partial charge in [0.2, 0.25) is 5.91 Å². The number of aromatic nitrogens is 2. The molecule has 1 amide bonds. The van der Waals surface area contributed by atoms with Gasteiger partial charge < -0.3 is 15.1 Å². The van der Waals surface area contributed by atoms with Gasteiger partial charge in [0.15, 0.2) is 5.96 Å². The predicted octanol–water partition coefficient (Wildman–Crippen LogP) is 2.50. The van der Waals surface area contributed by atoms with Crippen LogP contribution < -0.4 is 5.32 Å². The van der Waals surface area contributed by atoms with Gasteiger partial charge in [-0.2, -0.15) is 5.10 Å². The third-order valence-electron chi connectivity index (χ3n) is 6.02. The summed E-state index contributed by atoms with van der Waals surface area (Å²) in [5.74, 6) is 1.69. The first-order valence-electron chi connectivity index (χ1n) is 11.0. The Labute approximate surface area is 178 Å². The largest absolute Gasteiger partial charge is 0.357 e. The maximum Gasteiger partial charge on any atom is 0.223 e. The maximum atomic E-state index is 12.6. The number of amides is 1. The molecule has 0 bridgehead atoms. The smallest absolute Gasteiger partial charge is 0.223 e. The van der Waals surface area contributed by atoms with Crippen molar-refractivity contribution in [3.63, 3.8) is 0 Å². The van der Waals surface area contributed by atoms with Crippen LogP contribution in [0.2, 0.25) is 0 Å². The normalized spacial score (nSPS) is 18.7. The molecule has 0 spiro atoms. The lowest BCUT2D eigenvalue weighted by Crippen LogP contribution is -2.40. The minimum atomic E-state index is 0.226. The molecule has 0 aliphatic carbocycles. The molecule has 4 rings (SSSR count). The second-order valence-corrected chi connectivity index (χ2v) is 8.24. The van der Waals surface area contributed by atoms with E-state index in [1.165, 1.54) is 16.7 Å². The SMILES string of the molecule is CCNC(=NCCCC(=O)N1Cc2ccccc2C1)N1CCC(c2cnn(C)c2)C1. The van der Waals surface area contributed by atoms with Crippen molar-refractivity contribution < 1.29 is 4.79 Å². The fourth-order valence-corrected chi connectivity index (χ4v) is 4.38. The molecule has 1 aromatic carbocycles. The molecular formula is C23H32N6O. The van der Waals surface area contributed by atoms with Crippen molar-refractivity contribution in [1.29, 1.82) is 0 Å². The quantitative estimate of drug-likeness (QED) is 0.453. The Morgan fingerprint density at radius 2 is 2.00 bits per heavy atom. The van der Waals surface area contributed by atoms with E-state index in [0.29, 0.717) is 18.9 Å². The van der Waals surface area contributed by atoms with Crippen LogP contribution in [-0.2, 0) is 24.9 Å². The van der Waals surface area contributed by atoms with E-state index in [-0.39, 0.29) is 5.91 Å². The van der Waals surface area contributed by atoms with Crippen molar-refractivity contribution in [2.45, 2.75) is 45.2 Å². The molecule has 7 heteroatoms. The summed E-state index contributed by atoms with van der Waals surface area (Å²) >= 11 is 0. The van der Waals surface area contributed by atoms with E-state index in [0.717, 1.165) is 51.5 Å². The molecule has 1 N–H and O–H groups in total. The Hall–Kier alpha value is -2.83. The summed E-state index contributed by atoms with van der Waals surface area (Å²) in [6, 6.07) is 8.32. The van der Waals surface area contributed by atoms with E-state index in [2.05, 4.69) is 40.6 Å². The average Bonchev–Trinajstić information content (AvgIpc) is 3.48. The zero-order chi connectivity index (χ0) is 20.9. The number of benzene rings is 1. The Balaban J connectivity index is 1.26. The molecule has 1 unspecified atom stereocenters. The van der Waals surface area contributed by atoms with Gasteiger partial charge in [-0.15, -0.1) is 0 Å². The van der Waals surface area contributed by atoms with Gasteiger partial charge >= 0.3 is 0 Å². The van der Waals surface area contributed by atoms with Crippen molar-refractivity contribution in [2.75, 3.05) is 26.2 Å². The minimum Gasteiger partial charge on any atom is -0.357 e. The summed E-state index contributed by atoms with van der Waals surface area (Å²) in [5.41, 5.74) is 3.85. The van der Waals surface area contributed by atoms with Crippen LogP contribution in [0, 0.1) is 0 Å². The number of likely N-dealkylation sites (tertiary alicyclic amines) is 1. The van der Waals surface area contributed by atoms with Crippen LogP contribution in [0.3, 0.4) is 0 Å². The Morgan fingerprint density at radius 1 is 1.23 bits per heavy atom. The number of guanidine groups is 1. The zero-order valence-corrected chi connectivity index (χ0v) is 18.0. The van der Waals surface area contributed by atoms with Gasteiger partial charge in [-0.25, -0.2) is 0 Å². The second-order valence-electron chi connectivity index (χ2n) is 8.24. The van der Waals surface area contributed by atoms with Crippen LogP contribution in [-0.4, -0.2) is 57.6 Å². The van der Waals surface area contributed by atoms with E-state index in [1.807, 2.05) is 35.0 Å². The van der Waals surface area contributed by atoms with Crippen LogP contribution in [0.4, 0.5) is 0 Å². The average molecular weight is 409 g/mol. The first-order chi connectivity index (χ1) is 14.6. The molecule has 1 aromatic heterocycles. The fraction of sp³-hybridized carbons (Fsp3) is 0.522. The lowest BCUT2D eigenvalue weighted by Gasteiger charge is -2.21. The maximum absolute atomic E-state index is 12.6. The van der Waals surface area contributed by atoms with E-state index in [1.54, 1.807) is 0 Å². The molecule has 0 saturated carbocycles. The van der Waals surface area contributed by atoms with Gasteiger partial charge in [-0.05, 0) is 36.5 Å². The van der Waals surface area contributed by atoms with Crippen molar-refractivity contribution in [3.05, 3.63) is 53.3 Å². The van der Waals surface area contributed by atoms with E-state index in [4.69, 9.17) is 4.99 Å². The van der Waals surface area contributed by atoms with Crippen LogP contribution in [0.15, 0.2) is 41.7 Å². The summed E-state index contributed by atoms with van der Waals surface area (Å²) in [5, 5.41) is 7.72. The van der Waals surface area contributed by atoms with E-state index < -0.39 is 0 Å². The minimum absolute atomic E-state index is 0.226. The highest BCUT2D eigenvalue weighted by atomic mass is 16.2. The highest BCUT2D eigenvalue weighted by Crippen LogP contribution is 2.27. The first-order valence-corrected chi connectivity index (χ1v) is 11.0. The summed E-state index contributed by atoms with van der Waals surface area (Å²) in [7, 11) is 1.96. The predicted molar refractivity (Wildman–Crippen MR) is 118 cm³/mol. The molecule has 2 aromatic rings. The van der Waals surface area contributed by atoms with Gasteiger partial charge in [-0.3, -0.25) is 14.5 Å². The van der Waals surface area contributed by atoms with Crippen molar-refractivity contribution in [3.8, 4) is 0 Å². The van der Waals surface area contributed by atoms with Crippen LogP contribution >= 0.6 is 0 Å². The number of fused-ring (bicyclic) bond motifs is 1. The standard InChI is InChI=1S/C23H32N6O/c1-3-24-23(28-12-10-20(15-28)21-13-26-27(2)14-21)25-11-6-9-22(30)29-16-18-7-4-5-8-19(18)17-29/h4-5,7-8,13-14,20H,3,6,9-12,15-17H2,1-2H3,(H,24,25). The number of carbonyl (C=O) groups excluding carboxylic acids is 1. The number of nitrogens with zero attached hydrogens (tertiary/aromatic N) is 5. The second kappa shape index (κ2) is 9.32. The monoisotopic (exact) mass is 408 g/mol. The molecule has 0 radical (unpaired) electrons. The van der Waals surface area contributed by atoms with Gasteiger partial charge in [-0.1, -0.05) is 24.3 Å². The Bertz CT molecular complexity index is 880. The Kier molecular flexibility index (Phi) is 6.35. The van der Waals surface area contributed by atoms with Crippen LogP contribution in [0.25, 0.3) is 0 Å². The molecule has 2 aliphatic heterocycles. The van der Waals surface area contributed by atoms with E-state index in [9.17, 15) is 4.79 Å². The number of nitrogens with one attached hydrogen (secondary N) is 1. The van der Waals surface area contributed by atoms with Gasteiger partial charge in [0.25, 0.3) is 0 Å². The molecule has 3 heterocycles. The molecule has 1 atom stereocenters. The summed E-state index contributed by atoms with van der Waals surface area (Å²) < 4.78 is 1.87. The topological polar surface area (TPSA) is 65.8 Å². The molecule has 30 heavy (non-hydrogen) atoms. The molecular weight excluding hydrogens is 376 g/mol. The number of hydrogen-bond acceptors (Lipinski definition) is 3. The van der Waals surface area contributed by atoms with Crippen molar-refractivity contribution in [1.82, 2.24) is 24.9 Å². The summed E-state index contributed by atoms with van der Waals surface area (Å²) in [6.07, 6.45) is 6.53. The van der Waals surface area contributed by atoms with Crippen LogP contribution in [0.5, 0.6) is 0 Å². The van der Waals surface area contributed by atoms with Crippen molar-refractivity contribution in [2.24, 2.45) is 12.0 Å². The number of rotatable bonds is 6. The van der Waals surface area contributed by atoms with Crippen molar-refractivity contribution >= 4 is 11.9 Å². The molecule has 1 fully saturated rings. The molecule has 2 aliphatic rings. The summed E-state index contributed by atoms with van der Waals surface area (Å²) in [4.78, 5) is 21.7. The number of aliphatic imine (C=N–C) groups is 1. The number of hydrogen-bond donors (Lipinski definition) is 1. The van der Waals surface area contributed by atoms with Gasteiger partial charge in [0.1, 0.15) is 0 Å². The number of carbonyl (C=O) groups is 1. The van der Waals surface area contributed by atoms with Gasteiger partial charge in [0.05, 0.1) is 6.20 Å². The summed E-state index contributed by atoms with van der Waals surface area (Å²) in [6.45, 7) is 7.05. The highest BCUT2D eigenvalue weighted by Gasteiger charge is 2.27. The Morgan fingerprint density at radius 3 is 2.67 bits per heavy atom. The van der Waals surface area contributed by atoms with Crippen LogP contribution in [0.1, 0.15) is 48.8 Å². The lowest BCUT2D eigenvalue weighted by molar-refractivity contribution is -0.131. The lowest BCUT2D eigenvalue weighted by atomic mass is 10.0. The highest BCUT2D eigenvalue weighted by molar-refractivity contribution is 5.80. The molecule has 1 saturated heterocycles. The van der Waals surface area contributed by atoms with E-state index >= 15 is 0 Å². The van der Waals surface area contributed by atoms with Gasteiger partial charge in [0, 0.05) is 64.9 Å². The first kappa shape index (κ1) is 20.4. The zero-order valence-electron chi connectivity index (χ0n) is 18.0. The third-order valence-corrected chi connectivity index (χ3v) is 6.02. The fourth-order valence-electron chi connectivity index (χ4n) is 4.38. The molecule has 7 nitrogen and oxygen atoms in total. The number of aryl methyl sites for hydroxylation is 1. The molecule has 160 valence electrons. The third kappa shape index (κ3) is 4.66.